The number of fused-ring (bicyclic) bond motifs is 1. The molecular weight excluding hydrogens is 474 g/mol. The maximum Gasteiger partial charge on any atom is 0.246 e. The number of hydrogen-bond acceptors (Lipinski definition) is 4. The van der Waals surface area contributed by atoms with E-state index in [1.165, 1.54) is 0 Å². The third-order valence-corrected chi connectivity index (χ3v) is 7.07. The molecule has 5 rings (SSSR count). The van der Waals surface area contributed by atoms with Crippen LogP contribution >= 0.6 is 0 Å². The predicted octanol–water partition coefficient (Wildman–Crippen LogP) is 5.20. The first-order valence-electron chi connectivity index (χ1n) is 13.2. The van der Waals surface area contributed by atoms with Gasteiger partial charge in [0.2, 0.25) is 11.8 Å². The lowest BCUT2D eigenvalue weighted by Crippen LogP contribution is -2.63. The lowest BCUT2D eigenvalue weighted by molar-refractivity contribution is -0.150. The van der Waals surface area contributed by atoms with E-state index in [0.29, 0.717) is 25.9 Å². The van der Waals surface area contributed by atoms with Crippen LogP contribution < -0.4 is 15.8 Å². The van der Waals surface area contributed by atoms with Crippen LogP contribution in [-0.4, -0.2) is 35.3 Å². The van der Waals surface area contributed by atoms with E-state index in [1.54, 1.807) is 4.90 Å². The fourth-order valence-corrected chi connectivity index (χ4v) is 5.09. The molecule has 0 aromatic heterocycles. The number of piperazine rings is 1. The molecule has 0 aliphatic carbocycles. The van der Waals surface area contributed by atoms with Crippen molar-refractivity contribution >= 4 is 22.6 Å². The van der Waals surface area contributed by atoms with E-state index >= 15 is 0 Å². The molecule has 0 saturated carbocycles. The van der Waals surface area contributed by atoms with Crippen LogP contribution in [0.1, 0.15) is 30.4 Å². The summed E-state index contributed by atoms with van der Waals surface area (Å²) in [6.45, 7) is 0.923. The fraction of sp³-hybridized carbons (Fsp3) is 0.250. The molecule has 1 aliphatic heterocycles. The molecule has 0 bridgehead atoms. The maximum absolute atomic E-state index is 13.8. The normalized spacial score (nSPS) is 17.4. The Kier molecular flexibility index (Phi) is 8.00. The molecule has 2 unspecified atom stereocenters. The first-order chi connectivity index (χ1) is 18.6. The van der Waals surface area contributed by atoms with E-state index in [2.05, 4.69) is 23.5 Å². The Morgan fingerprint density at radius 3 is 2.29 bits per heavy atom. The summed E-state index contributed by atoms with van der Waals surface area (Å²) in [5, 5.41) is 5.25. The molecule has 4 aromatic rings. The van der Waals surface area contributed by atoms with Crippen molar-refractivity contribution in [3.8, 4) is 11.5 Å². The molecule has 6 nitrogen and oxygen atoms in total. The van der Waals surface area contributed by atoms with Gasteiger partial charge in [-0.3, -0.25) is 9.59 Å². The third kappa shape index (κ3) is 5.87. The van der Waals surface area contributed by atoms with Gasteiger partial charge in [0.25, 0.3) is 0 Å². The summed E-state index contributed by atoms with van der Waals surface area (Å²) in [4.78, 5) is 28.9. The lowest BCUT2D eigenvalue weighted by atomic mass is 9.94. The Bertz CT molecular complexity index is 1380. The summed E-state index contributed by atoms with van der Waals surface area (Å²) in [5.74, 6) is 1.33. The minimum absolute atomic E-state index is 0.0557. The van der Waals surface area contributed by atoms with E-state index in [1.807, 2.05) is 78.9 Å². The standard InChI is InChI=1S/C32H33N3O3/c33-20-7-6-15-30-31(36)34-29(21-25-11-8-10-24-9-4-5-14-28(24)25)32(37)35(30)22-23-16-18-27(19-17-23)38-26-12-2-1-3-13-26/h1-5,8-14,16-19,29-30H,6-7,15,20-22,33H2,(H,34,36). The molecule has 1 fully saturated rings. The molecule has 3 N–H and O–H groups in total. The van der Waals surface area contributed by atoms with Crippen molar-refractivity contribution in [1.82, 2.24) is 10.2 Å². The van der Waals surface area contributed by atoms with Gasteiger partial charge < -0.3 is 20.7 Å². The van der Waals surface area contributed by atoms with Gasteiger partial charge in [-0.1, -0.05) is 72.8 Å². The van der Waals surface area contributed by atoms with Gasteiger partial charge in [-0.15, -0.1) is 0 Å². The van der Waals surface area contributed by atoms with Crippen molar-refractivity contribution in [3.05, 3.63) is 108 Å². The second kappa shape index (κ2) is 11.9. The fourth-order valence-electron chi connectivity index (χ4n) is 5.09. The highest BCUT2D eigenvalue weighted by molar-refractivity contribution is 5.97. The SMILES string of the molecule is NCCCCC1C(=O)NC(Cc2cccc3ccccc23)C(=O)N1Cc1ccc(Oc2ccccc2)cc1. The van der Waals surface area contributed by atoms with Crippen LogP contribution in [0.3, 0.4) is 0 Å². The number of carbonyl (C=O) groups excluding carboxylic acids is 2. The Labute approximate surface area is 223 Å². The highest BCUT2D eigenvalue weighted by atomic mass is 16.5. The molecule has 6 heteroatoms. The molecule has 194 valence electrons. The van der Waals surface area contributed by atoms with Crippen molar-refractivity contribution in [3.63, 3.8) is 0 Å². The van der Waals surface area contributed by atoms with Crippen molar-refractivity contribution in [2.45, 2.75) is 44.3 Å². The van der Waals surface area contributed by atoms with Gasteiger partial charge in [0.1, 0.15) is 23.6 Å². The van der Waals surface area contributed by atoms with E-state index in [4.69, 9.17) is 10.5 Å². The van der Waals surface area contributed by atoms with Crippen molar-refractivity contribution < 1.29 is 14.3 Å². The van der Waals surface area contributed by atoms with Crippen LogP contribution in [0.25, 0.3) is 10.8 Å². The molecule has 1 aliphatic rings. The van der Waals surface area contributed by atoms with E-state index in [-0.39, 0.29) is 11.8 Å². The summed E-state index contributed by atoms with van der Waals surface area (Å²) in [6.07, 6.45) is 2.64. The molecule has 4 aromatic carbocycles. The number of hydrogen-bond donors (Lipinski definition) is 2. The van der Waals surface area contributed by atoms with Crippen molar-refractivity contribution in [1.29, 1.82) is 0 Å². The average Bonchev–Trinajstić information content (AvgIpc) is 2.95. The smallest absolute Gasteiger partial charge is 0.246 e. The molecule has 2 amide bonds. The Balaban J connectivity index is 1.36. The van der Waals surface area contributed by atoms with Crippen LogP contribution in [0.4, 0.5) is 0 Å². The summed E-state index contributed by atoms with van der Waals surface area (Å²) < 4.78 is 5.91. The zero-order chi connectivity index (χ0) is 26.3. The zero-order valence-electron chi connectivity index (χ0n) is 21.4. The molecule has 1 saturated heterocycles. The first kappa shape index (κ1) is 25.5. The summed E-state index contributed by atoms with van der Waals surface area (Å²) in [6, 6.07) is 30.4. The quantitative estimate of drug-likeness (QED) is 0.289. The molecule has 2 atom stereocenters. The zero-order valence-corrected chi connectivity index (χ0v) is 21.4. The minimum atomic E-state index is -0.611. The van der Waals surface area contributed by atoms with Gasteiger partial charge in [-0.25, -0.2) is 0 Å². The average molecular weight is 508 g/mol. The monoisotopic (exact) mass is 507 g/mol. The number of ether oxygens (including phenoxy) is 1. The predicted molar refractivity (Wildman–Crippen MR) is 150 cm³/mol. The summed E-state index contributed by atoms with van der Waals surface area (Å²) in [7, 11) is 0. The number of unbranched alkanes of at least 4 members (excludes halogenated alkanes) is 1. The lowest BCUT2D eigenvalue weighted by Gasteiger charge is -2.39. The molecule has 38 heavy (non-hydrogen) atoms. The summed E-state index contributed by atoms with van der Waals surface area (Å²) >= 11 is 0. The molecular formula is C32H33N3O3. The van der Waals surface area contributed by atoms with Gasteiger partial charge in [-0.05, 0) is 72.0 Å². The number of nitrogens with two attached hydrogens (primary N) is 1. The van der Waals surface area contributed by atoms with Gasteiger partial charge in [0.15, 0.2) is 0 Å². The van der Waals surface area contributed by atoms with E-state index < -0.39 is 12.1 Å². The molecule has 1 heterocycles. The van der Waals surface area contributed by atoms with Crippen molar-refractivity contribution in [2.24, 2.45) is 5.73 Å². The number of para-hydroxylation sites is 1. The molecule has 0 radical (unpaired) electrons. The number of nitrogens with one attached hydrogen (secondary N) is 1. The van der Waals surface area contributed by atoms with Crippen LogP contribution in [0.5, 0.6) is 11.5 Å². The van der Waals surface area contributed by atoms with Gasteiger partial charge in [0.05, 0.1) is 0 Å². The number of nitrogens with zero attached hydrogens (tertiary/aromatic N) is 1. The number of amides is 2. The first-order valence-corrected chi connectivity index (χ1v) is 13.2. The van der Waals surface area contributed by atoms with Crippen LogP contribution in [0.2, 0.25) is 0 Å². The van der Waals surface area contributed by atoms with Gasteiger partial charge in [-0.2, -0.15) is 0 Å². The van der Waals surface area contributed by atoms with Crippen molar-refractivity contribution in [2.75, 3.05) is 6.54 Å². The Hall–Kier alpha value is -4.16. The largest absolute Gasteiger partial charge is 0.457 e. The van der Waals surface area contributed by atoms with Crippen LogP contribution in [-0.2, 0) is 22.6 Å². The van der Waals surface area contributed by atoms with Gasteiger partial charge in [0, 0.05) is 13.0 Å². The Morgan fingerprint density at radius 1 is 0.789 bits per heavy atom. The molecule has 0 spiro atoms. The second-order valence-corrected chi connectivity index (χ2v) is 9.73. The van der Waals surface area contributed by atoms with E-state index in [9.17, 15) is 9.59 Å². The number of benzene rings is 4. The number of rotatable bonds is 10. The van der Waals surface area contributed by atoms with Gasteiger partial charge >= 0.3 is 0 Å². The maximum atomic E-state index is 13.8. The van der Waals surface area contributed by atoms with Crippen LogP contribution in [0, 0.1) is 0 Å². The number of carbonyl (C=O) groups is 2. The Morgan fingerprint density at radius 2 is 1.50 bits per heavy atom. The highest BCUT2D eigenvalue weighted by Gasteiger charge is 2.40. The summed E-state index contributed by atoms with van der Waals surface area (Å²) in [5.41, 5.74) is 7.69. The highest BCUT2D eigenvalue weighted by Crippen LogP contribution is 2.26. The second-order valence-electron chi connectivity index (χ2n) is 9.73. The topological polar surface area (TPSA) is 84.7 Å². The third-order valence-electron chi connectivity index (χ3n) is 7.07. The van der Waals surface area contributed by atoms with E-state index in [0.717, 1.165) is 46.2 Å². The van der Waals surface area contributed by atoms with Crippen LogP contribution in [0.15, 0.2) is 97.1 Å². The minimum Gasteiger partial charge on any atom is -0.457 e.